The molecule has 1 fully saturated rings. The third-order valence-corrected chi connectivity index (χ3v) is 8.23. The number of aryl methyl sites for hydroxylation is 1. The molecule has 42 heavy (non-hydrogen) atoms. The number of aromatic amines is 1. The molecule has 0 aliphatic carbocycles. The third kappa shape index (κ3) is 7.02. The van der Waals surface area contributed by atoms with Gasteiger partial charge in [-0.25, -0.2) is 5.48 Å². The predicted molar refractivity (Wildman–Crippen MR) is 169 cm³/mol. The van der Waals surface area contributed by atoms with Gasteiger partial charge in [0.1, 0.15) is 0 Å². The Balaban J connectivity index is 1.01. The maximum Gasteiger partial charge on any atom is 0.494 e. The van der Waals surface area contributed by atoms with Crippen molar-refractivity contribution in [2.45, 2.75) is 65.4 Å². The Labute approximate surface area is 248 Å². The lowest BCUT2D eigenvalue weighted by Gasteiger charge is -2.32. The third-order valence-electron chi connectivity index (χ3n) is 8.23. The summed E-state index contributed by atoms with van der Waals surface area (Å²) in [6.07, 6.45) is 4.22. The molecule has 1 aromatic heterocycles. The normalized spacial score (nSPS) is 16.0. The molecule has 2 heterocycles. The number of fused-ring (bicyclic) bond motifs is 1. The molecule has 7 nitrogen and oxygen atoms in total. The minimum absolute atomic E-state index is 0.255. The van der Waals surface area contributed by atoms with Gasteiger partial charge in [-0.3, -0.25) is 9.63 Å². The van der Waals surface area contributed by atoms with Crippen LogP contribution in [0.4, 0.5) is 0 Å². The maximum absolute atomic E-state index is 12.2. The van der Waals surface area contributed by atoms with Gasteiger partial charge in [0.05, 0.1) is 17.8 Å². The Bertz CT molecular complexity index is 1530. The average molecular weight is 566 g/mol. The van der Waals surface area contributed by atoms with Crippen LogP contribution in [-0.4, -0.2) is 35.8 Å². The summed E-state index contributed by atoms with van der Waals surface area (Å²) in [6.45, 7) is 12.2. The standard InChI is InChI=1S/C34H40BN3O4/c1-24-29(30-8-6-7-9-31(30)37-24)20-21-36-22-26-12-10-25(11-13-26)16-19-32(39)38-40-23-27-14-17-28(18-15-27)35-41-33(2,3)34(4,5)42-35/h6-19,36-37H,20-23H2,1-5H3,(H,38,39)/b19-16+. The van der Waals surface area contributed by atoms with Crippen LogP contribution in [0.1, 0.15) is 55.6 Å². The maximum atomic E-state index is 12.2. The monoisotopic (exact) mass is 565 g/mol. The van der Waals surface area contributed by atoms with Gasteiger partial charge < -0.3 is 19.6 Å². The van der Waals surface area contributed by atoms with Gasteiger partial charge in [-0.1, -0.05) is 66.7 Å². The highest BCUT2D eigenvalue weighted by atomic mass is 16.7. The fourth-order valence-corrected chi connectivity index (χ4v) is 5.00. The summed E-state index contributed by atoms with van der Waals surface area (Å²) in [5, 5.41) is 4.84. The van der Waals surface area contributed by atoms with Gasteiger partial charge >= 0.3 is 7.12 Å². The van der Waals surface area contributed by atoms with E-state index in [9.17, 15) is 4.79 Å². The Morgan fingerprint density at radius 3 is 2.31 bits per heavy atom. The first-order valence-electron chi connectivity index (χ1n) is 14.5. The summed E-state index contributed by atoms with van der Waals surface area (Å²) >= 11 is 0. The molecule has 1 aliphatic heterocycles. The van der Waals surface area contributed by atoms with Crippen molar-refractivity contribution in [1.29, 1.82) is 0 Å². The number of carbonyl (C=O) groups excluding carboxylic acids is 1. The summed E-state index contributed by atoms with van der Waals surface area (Å²) in [5.41, 5.74) is 9.54. The molecule has 0 bridgehead atoms. The van der Waals surface area contributed by atoms with Gasteiger partial charge in [0.2, 0.25) is 0 Å². The van der Waals surface area contributed by atoms with Crippen molar-refractivity contribution in [3.8, 4) is 0 Å². The fraction of sp³-hybridized carbons (Fsp3) is 0.324. The average Bonchev–Trinajstić information content (AvgIpc) is 3.40. The SMILES string of the molecule is Cc1[nH]c2ccccc2c1CCNCc1ccc(/C=C/C(=O)NOCc2ccc(B3OC(C)(C)C(C)(C)O3)cc2)cc1. The van der Waals surface area contributed by atoms with Gasteiger partial charge in [-0.05, 0) is 87.4 Å². The molecule has 8 heteroatoms. The Morgan fingerprint density at radius 2 is 1.60 bits per heavy atom. The molecule has 3 N–H and O–H groups in total. The molecule has 0 spiro atoms. The highest BCUT2D eigenvalue weighted by Gasteiger charge is 2.51. The molecule has 1 saturated heterocycles. The lowest BCUT2D eigenvalue weighted by atomic mass is 9.79. The van der Waals surface area contributed by atoms with Gasteiger partial charge in [-0.2, -0.15) is 0 Å². The molecule has 3 aromatic carbocycles. The second-order valence-corrected chi connectivity index (χ2v) is 11.9. The second kappa shape index (κ2) is 12.7. The van der Waals surface area contributed by atoms with Crippen molar-refractivity contribution in [3.05, 3.63) is 107 Å². The van der Waals surface area contributed by atoms with E-state index in [1.807, 2.05) is 64.1 Å². The molecule has 4 aromatic rings. The quantitative estimate of drug-likeness (QED) is 0.0986. The van der Waals surface area contributed by atoms with Crippen LogP contribution in [0.2, 0.25) is 0 Å². The Morgan fingerprint density at radius 1 is 0.929 bits per heavy atom. The minimum atomic E-state index is -0.402. The van der Waals surface area contributed by atoms with E-state index in [-0.39, 0.29) is 23.7 Å². The number of nitrogens with one attached hydrogen (secondary N) is 3. The minimum Gasteiger partial charge on any atom is -0.399 e. The van der Waals surface area contributed by atoms with Crippen molar-refractivity contribution in [3.63, 3.8) is 0 Å². The molecule has 0 unspecified atom stereocenters. The van der Waals surface area contributed by atoms with Crippen LogP contribution in [0.25, 0.3) is 17.0 Å². The fourth-order valence-electron chi connectivity index (χ4n) is 5.00. The van der Waals surface area contributed by atoms with E-state index >= 15 is 0 Å². The number of H-pyrrole nitrogens is 1. The molecular formula is C34H40BN3O4. The number of rotatable bonds is 11. The number of carbonyl (C=O) groups is 1. The Hall–Kier alpha value is -3.69. The number of hydrogen-bond acceptors (Lipinski definition) is 5. The summed E-state index contributed by atoms with van der Waals surface area (Å²) in [5.74, 6) is -0.317. The van der Waals surface area contributed by atoms with Gasteiger partial charge in [0, 0.05) is 29.2 Å². The van der Waals surface area contributed by atoms with Gasteiger partial charge in [0.15, 0.2) is 0 Å². The topological polar surface area (TPSA) is 84.6 Å². The lowest BCUT2D eigenvalue weighted by Crippen LogP contribution is -2.41. The first-order valence-corrected chi connectivity index (χ1v) is 14.5. The van der Waals surface area contributed by atoms with Gasteiger partial charge in [0.25, 0.3) is 5.91 Å². The molecular weight excluding hydrogens is 525 g/mol. The molecule has 1 aliphatic rings. The van der Waals surface area contributed by atoms with Crippen molar-refractivity contribution in [1.82, 2.24) is 15.8 Å². The van der Waals surface area contributed by atoms with E-state index in [0.717, 1.165) is 36.1 Å². The summed E-state index contributed by atoms with van der Waals surface area (Å²) < 4.78 is 12.2. The summed E-state index contributed by atoms with van der Waals surface area (Å²) in [6, 6.07) is 24.4. The zero-order valence-corrected chi connectivity index (χ0v) is 25.1. The molecule has 0 saturated carbocycles. The summed E-state index contributed by atoms with van der Waals surface area (Å²) in [7, 11) is -0.402. The number of hydroxylamine groups is 1. The highest BCUT2D eigenvalue weighted by Crippen LogP contribution is 2.36. The van der Waals surface area contributed by atoms with Crippen molar-refractivity contribution >= 4 is 35.5 Å². The zero-order chi connectivity index (χ0) is 29.7. The molecule has 0 radical (unpaired) electrons. The molecule has 0 atom stereocenters. The van der Waals surface area contributed by atoms with E-state index in [1.54, 1.807) is 6.08 Å². The molecule has 1 amide bonds. The number of amides is 1. The van der Waals surface area contributed by atoms with E-state index in [4.69, 9.17) is 14.1 Å². The van der Waals surface area contributed by atoms with Crippen molar-refractivity contribution < 1.29 is 18.9 Å². The van der Waals surface area contributed by atoms with Crippen LogP contribution >= 0.6 is 0 Å². The van der Waals surface area contributed by atoms with E-state index < -0.39 is 7.12 Å². The largest absolute Gasteiger partial charge is 0.494 e. The molecule has 5 rings (SSSR count). The van der Waals surface area contributed by atoms with Crippen LogP contribution < -0.4 is 16.3 Å². The highest BCUT2D eigenvalue weighted by molar-refractivity contribution is 6.62. The predicted octanol–water partition coefficient (Wildman–Crippen LogP) is 5.37. The van der Waals surface area contributed by atoms with Crippen LogP contribution in [0.5, 0.6) is 0 Å². The lowest BCUT2D eigenvalue weighted by molar-refractivity contribution is -0.129. The van der Waals surface area contributed by atoms with Crippen LogP contribution in [0.15, 0.2) is 78.9 Å². The van der Waals surface area contributed by atoms with Crippen LogP contribution in [0.3, 0.4) is 0 Å². The number of para-hydroxylation sites is 1. The van der Waals surface area contributed by atoms with Crippen molar-refractivity contribution in [2.24, 2.45) is 0 Å². The van der Waals surface area contributed by atoms with E-state index in [1.165, 1.54) is 33.8 Å². The van der Waals surface area contributed by atoms with Crippen LogP contribution in [0, 0.1) is 6.92 Å². The number of hydrogen-bond donors (Lipinski definition) is 3. The molecule has 218 valence electrons. The Kier molecular flexibility index (Phi) is 8.99. The van der Waals surface area contributed by atoms with Gasteiger partial charge in [-0.15, -0.1) is 0 Å². The zero-order valence-electron chi connectivity index (χ0n) is 25.1. The first kappa shape index (κ1) is 29.8. The first-order chi connectivity index (χ1) is 20.1. The number of aromatic nitrogens is 1. The smallest absolute Gasteiger partial charge is 0.399 e. The summed E-state index contributed by atoms with van der Waals surface area (Å²) in [4.78, 5) is 21.1. The van der Waals surface area contributed by atoms with E-state index in [0.29, 0.717) is 0 Å². The van der Waals surface area contributed by atoms with Crippen LogP contribution in [-0.2, 0) is 38.5 Å². The number of benzene rings is 3. The van der Waals surface area contributed by atoms with Crippen molar-refractivity contribution in [2.75, 3.05) is 6.54 Å². The van der Waals surface area contributed by atoms with E-state index in [2.05, 4.69) is 59.1 Å². The second-order valence-electron chi connectivity index (χ2n) is 11.9.